The van der Waals surface area contributed by atoms with E-state index < -0.39 is 11.7 Å². The van der Waals surface area contributed by atoms with Gasteiger partial charge in [0.2, 0.25) is 0 Å². The second-order valence-electron chi connectivity index (χ2n) is 7.81. The van der Waals surface area contributed by atoms with Gasteiger partial charge in [-0.3, -0.25) is 4.79 Å². The van der Waals surface area contributed by atoms with Gasteiger partial charge in [0.25, 0.3) is 5.91 Å². The molecule has 2 rings (SSSR count). The summed E-state index contributed by atoms with van der Waals surface area (Å²) >= 11 is 0. The molecule has 0 N–H and O–H groups in total. The van der Waals surface area contributed by atoms with Crippen LogP contribution < -0.4 is 0 Å². The van der Waals surface area contributed by atoms with Crippen LogP contribution in [0.1, 0.15) is 56.6 Å². The van der Waals surface area contributed by atoms with Crippen LogP contribution in [0.5, 0.6) is 0 Å². The van der Waals surface area contributed by atoms with Crippen molar-refractivity contribution in [2.24, 2.45) is 11.8 Å². The van der Waals surface area contributed by atoms with Crippen LogP contribution in [0, 0.1) is 11.8 Å². The second kappa shape index (κ2) is 9.26. The van der Waals surface area contributed by atoms with Crippen molar-refractivity contribution in [3.8, 4) is 11.3 Å². The second-order valence-corrected chi connectivity index (χ2v) is 7.81. The van der Waals surface area contributed by atoms with Crippen molar-refractivity contribution in [3.05, 3.63) is 41.6 Å². The number of amides is 1. The topological polar surface area (TPSA) is 46.3 Å². The molecule has 0 unspecified atom stereocenters. The summed E-state index contributed by atoms with van der Waals surface area (Å²) in [5.74, 6) is 0.782. The summed E-state index contributed by atoms with van der Waals surface area (Å²) in [7, 11) is 0. The van der Waals surface area contributed by atoms with E-state index in [9.17, 15) is 18.0 Å². The van der Waals surface area contributed by atoms with E-state index in [0.29, 0.717) is 24.9 Å². The van der Waals surface area contributed by atoms with Gasteiger partial charge >= 0.3 is 6.18 Å². The molecule has 28 heavy (non-hydrogen) atoms. The number of alkyl halides is 3. The quantitative estimate of drug-likeness (QED) is 0.558. The van der Waals surface area contributed by atoms with Crippen LogP contribution in [0.4, 0.5) is 13.2 Å². The lowest BCUT2D eigenvalue weighted by Gasteiger charge is -2.23. The zero-order valence-electron chi connectivity index (χ0n) is 16.7. The van der Waals surface area contributed by atoms with Gasteiger partial charge in [0.15, 0.2) is 11.5 Å². The summed E-state index contributed by atoms with van der Waals surface area (Å²) in [4.78, 5) is 14.6. The van der Waals surface area contributed by atoms with Crippen molar-refractivity contribution in [1.82, 2.24) is 10.1 Å². The summed E-state index contributed by atoms with van der Waals surface area (Å²) in [6.45, 7) is 9.57. The van der Waals surface area contributed by atoms with Gasteiger partial charge in [0.1, 0.15) is 0 Å². The lowest BCUT2D eigenvalue weighted by Crippen LogP contribution is -2.34. The van der Waals surface area contributed by atoms with Gasteiger partial charge in [0.05, 0.1) is 5.56 Å². The maximum absolute atomic E-state index is 12.9. The van der Waals surface area contributed by atoms with Crippen LogP contribution in [0.3, 0.4) is 0 Å². The third kappa shape index (κ3) is 6.11. The van der Waals surface area contributed by atoms with E-state index in [4.69, 9.17) is 4.52 Å². The van der Waals surface area contributed by atoms with Gasteiger partial charge in [-0.25, -0.2) is 0 Å². The smallest absolute Gasteiger partial charge is 0.355 e. The highest BCUT2D eigenvalue weighted by atomic mass is 19.4. The molecule has 0 aliphatic heterocycles. The number of aromatic nitrogens is 1. The van der Waals surface area contributed by atoms with Crippen molar-refractivity contribution in [1.29, 1.82) is 0 Å². The first-order valence-electron chi connectivity index (χ1n) is 9.51. The van der Waals surface area contributed by atoms with Crippen LogP contribution in [0.2, 0.25) is 0 Å². The van der Waals surface area contributed by atoms with Gasteiger partial charge in [-0.1, -0.05) is 45.0 Å². The normalized spacial score (nSPS) is 12.0. The van der Waals surface area contributed by atoms with Crippen molar-refractivity contribution in [3.63, 3.8) is 0 Å². The molecule has 0 bridgehead atoms. The Bertz CT molecular complexity index is 770. The highest BCUT2D eigenvalue weighted by molar-refractivity contribution is 5.93. The van der Waals surface area contributed by atoms with Gasteiger partial charge in [-0.2, -0.15) is 13.2 Å². The number of carbonyl (C=O) groups is 1. The number of nitrogens with zero attached hydrogens (tertiary/aromatic N) is 2. The van der Waals surface area contributed by atoms with E-state index in [1.165, 1.54) is 18.2 Å². The number of carbonyl (C=O) groups excluding carboxylic acids is 1. The third-order valence-electron chi connectivity index (χ3n) is 4.44. The molecule has 4 nitrogen and oxygen atoms in total. The van der Waals surface area contributed by atoms with Gasteiger partial charge < -0.3 is 9.42 Å². The maximum Gasteiger partial charge on any atom is 0.416 e. The number of hydrogen-bond donors (Lipinski definition) is 0. The van der Waals surface area contributed by atoms with E-state index in [0.717, 1.165) is 25.0 Å². The summed E-state index contributed by atoms with van der Waals surface area (Å²) in [6, 6.07) is 6.20. The lowest BCUT2D eigenvalue weighted by atomic mass is 10.1. The molecule has 0 spiro atoms. The molecule has 1 amide bonds. The zero-order valence-corrected chi connectivity index (χ0v) is 16.7. The fraction of sp³-hybridized carbons (Fsp3) is 0.524. The molecule has 0 fully saturated rings. The lowest BCUT2D eigenvalue weighted by molar-refractivity contribution is -0.137. The molecule has 0 radical (unpaired) electrons. The molecule has 0 saturated heterocycles. The first kappa shape index (κ1) is 22.0. The van der Waals surface area contributed by atoms with E-state index >= 15 is 0 Å². The molecule has 0 aliphatic carbocycles. The highest BCUT2D eigenvalue weighted by Gasteiger charge is 2.31. The Labute approximate surface area is 163 Å². The average molecular weight is 396 g/mol. The molecule has 1 aromatic carbocycles. The average Bonchev–Trinajstić information content (AvgIpc) is 3.10. The highest BCUT2D eigenvalue weighted by Crippen LogP contribution is 2.32. The molecule has 7 heteroatoms. The predicted molar refractivity (Wildman–Crippen MR) is 102 cm³/mol. The fourth-order valence-corrected chi connectivity index (χ4v) is 2.67. The minimum Gasteiger partial charge on any atom is -0.355 e. The Morgan fingerprint density at radius 3 is 2.21 bits per heavy atom. The summed E-state index contributed by atoms with van der Waals surface area (Å²) in [6.07, 6.45) is -2.72. The largest absolute Gasteiger partial charge is 0.416 e. The first-order valence-corrected chi connectivity index (χ1v) is 9.51. The zero-order chi connectivity index (χ0) is 20.9. The van der Waals surface area contributed by atoms with Crippen molar-refractivity contribution < 1.29 is 22.5 Å². The van der Waals surface area contributed by atoms with E-state index in [2.05, 4.69) is 32.9 Å². The fourth-order valence-electron chi connectivity index (χ4n) is 2.67. The van der Waals surface area contributed by atoms with E-state index in [1.54, 1.807) is 4.90 Å². The Kier molecular flexibility index (Phi) is 7.27. The standard InChI is InChI=1S/C21H27F3N2O2/c1-14(2)8-10-26(11-9-15(3)4)20(27)18-13-19(28-25-18)16-6-5-7-17(12-16)21(22,23)24/h5-7,12-15H,8-11H2,1-4H3. The van der Waals surface area contributed by atoms with E-state index in [1.807, 2.05) is 0 Å². The molecular formula is C21H27F3N2O2. The predicted octanol–water partition coefficient (Wildman–Crippen LogP) is 5.89. The molecule has 0 saturated carbocycles. The van der Waals surface area contributed by atoms with Gasteiger partial charge in [0, 0.05) is 24.7 Å². The Hall–Kier alpha value is -2.31. The van der Waals surface area contributed by atoms with Crippen LogP contribution in [-0.2, 0) is 6.18 Å². The maximum atomic E-state index is 12.9. The molecule has 0 aliphatic rings. The molecule has 1 aromatic heterocycles. The van der Waals surface area contributed by atoms with Crippen LogP contribution in [0.15, 0.2) is 34.9 Å². The minimum atomic E-state index is -4.45. The summed E-state index contributed by atoms with van der Waals surface area (Å²) in [5, 5.41) is 3.81. The van der Waals surface area contributed by atoms with Gasteiger partial charge in [-0.05, 0) is 36.8 Å². The van der Waals surface area contributed by atoms with Crippen LogP contribution in [-0.4, -0.2) is 29.1 Å². The minimum absolute atomic E-state index is 0.111. The molecule has 2 aromatic rings. The number of rotatable bonds is 8. The summed E-state index contributed by atoms with van der Waals surface area (Å²) in [5.41, 5.74) is -0.429. The molecule has 154 valence electrons. The van der Waals surface area contributed by atoms with Crippen molar-refractivity contribution in [2.75, 3.05) is 13.1 Å². The monoisotopic (exact) mass is 396 g/mol. The van der Waals surface area contributed by atoms with Crippen molar-refractivity contribution >= 4 is 5.91 Å². The SMILES string of the molecule is CC(C)CCN(CCC(C)C)C(=O)c1cc(-c2cccc(C(F)(F)F)c2)on1. The molecule has 0 atom stereocenters. The summed E-state index contributed by atoms with van der Waals surface area (Å²) < 4.78 is 43.9. The molecule has 1 heterocycles. The van der Waals surface area contributed by atoms with Crippen LogP contribution in [0.25, 0.3) is 11.3 Å². The van der Waals surface area contributed by atoms with Gasteiger partial charge in [-0.15, -0.1) is 0 Å². The van der Waals surface area contributed by atoms with E-state index in [-0.39, 0.29) is 22.9 Å². The third-order valence-corrected chi connectivity index (χ3v) is 4.44. The number of hydrogen-bond acceptors (Lipinski definition) is 3. The number of benzene rings is 1. The Morgan fingerprint density at radius 2 is 1.68 bits per heavy atom. The van der Waals surface area contributed by atoms with Crippen LogP contribution >= 0.6 is 0 Å². The first-order chi connectivity index (χ1) is 13.1. The van der Waals surface area contributed by atoms with Crippen molar-refractivity contribution in [2.45, 2.75) is 46.7 Å². The Morgan fingerprint density at radius 1 is 1.07 bits per heavy atom. The number of halogens is 3. The molecular weight excluding hydrogens is 369 g/mol. The Balaban J connectivity index is 2.21.